The molecule has 0 N–H and O–H groups in total. The van der Waals surface area contributed by atoms with E-state index in [9.17, 15) is 0 Å². The fourth-order valence-corrected chi connectivity index (χ4v) is 9.32. The minimum atomic E-state index is -0.0933. The summed E-state index contributed by atoms with van der Waals surface area (Å²) in [6.45, 7) is 4.71. The summed E-state index contributed by atoms with van der Waals surface area (Å²) in [5.41, 5.74) is 13.6. The maximum atomic E-state index is 2.45. The van der Waals surface area contributed by atoms with Crippen LogP contribution in [0.4, 0.5) is 17.1 Å². The Bertz CT molecular complexity index is 3150. The highest BCUT2D eigenvalue weighted by Gasteiger charge is 2.37. The zero-order valence-corrected chi connectivity index (χ0v) is 31.5. The van der Waals surface area contributed by atoms with Crippen LogP contribution >= 0.6 is 0 Å². The van der Waals surface area contributed by atoms with E-state index in [0.717, 1.165) is 11.4 Å². The van der Waals surface area contributed by atoms with Gasteiger partial charge in [-0.1, -0.05) is 172 Å². The van der Waals surface area contributed by atoms with Gasteiger partial charge < -0.3 is 4.90 Å². The van der Waals surface area contributed by atoms with E-state index in [1.807, 2.05) is 0 Å². The molecule has 0 fully saturated rings. The Morgan fingerprint density at radius 1 is 0.339 bits per heavy atom. The summed E-state index contributed by atoms with van der Waals surface area (Å²) in [7, 11) is 0. The summed E-state index contributed by atoms with van der Waals surface area (Å²) in [6, 6.07) is 74.0. The zero-order valence-electron chi connectivity index (χ0n) is 31.5. The molecule has 0 saturated heterocycles. The molecule has 10 aromatic carbocycles. The van der Waals surface area contributed by atoms with Crippen LogP contribution in [0.5, 0.6) is 0 Å². The summed E-state index contributed by atoms with van der Waals surface area (Å²) >= 11 is 0. The van der Waals surface area contributed by atoms with Crippen molar-refractivity contribution in [2.45, 2.75) is 19.3 Å². The minimum absolute atomic E-state index is 0.0933. The molecule has 11 rings (SSSR count). The SMILES string of the molecule is CC1(C)c2ccccc2-c2c(N(c3ccc(-c4ccc5ccccc5c4)cc3)c3ccc(-c4ccc5ccc6c7ccccc7ccc6c5c4)cc3)cccc21. The van der Waals surface area contributed by atoms with Crippen molar-refractivity contribution >= 4 is 60.2 Å². The second-order valence-electron chi connectivity index (χ2n) is 15.7. The largest absolute Gasteiger partial charge is 0.310 e. The van der Waals surface area contributed by atoms with Gasteiger partial charge in [0.2, 0.25) is 0 Å². The molecule has 0 radical (unpaired) electrons. The molecule has 0 bridgehead atoms. The molecule has 0 unspecified atom stereocenters. The van der Waals surface area contributed by atoms with Crippen LogP contribution in [0, 0.1) is 0 Å². The quantitative estimate of drug-likeness (QED) is 0.161. The summed E-state index contributed by atoms with van der Waals surface area (Å²) < 4.78 is 0. The van der Waals surface area contributed by atoms with Gasteiger partial charge in [-0.15, -0.1) is 0 Å². The zero-order chi connectivity index (χ0) is 37.4. The maximum Gasteiger partial charge on any atom is 0.0543 e. The molecule has 0 aliphatic heterocycles. The predicted octanol–water partition coefficient (Wildman–Crippen LogP) is 15.4. The fourth-order valence-electron chi connectivity index (χ4n) is 9.32. The molecule has 0 heterocycles. The van der Waals surface area contributed by atoms with Crippen molar-refractivity contribution in [3.05, 3.63) is 211 Å². The summed E-state index contributed by atoms with van der Waals surface area (Å²) in [5.74, 6) is 0. The summed E-state index contributed by atoms with van der Waals surface area (Å²) in [4.78, 5) is 2.45. The Labute approximate surface area is 327 Å². The molecular weight excluding hydrogens is 675 g/mol. The summed E-state index contributed by atoms with van der Waals surface area (Å²) in [6.07, 6.45) is 0. The van der Waals surface area contributed by atoms with Crippen LogP contribution in [0.25, 0.3) is 76.5 Å². The van der Waals surface area contributed by atoms with Crippen LogP contribution in [0.3, 0.4) is 0 Å². The van der Waals surface area contributed by atoms with Crippen molar-refractivity contribution < 1.29 is 0 Å². The van der Waals surface area contributed by atoms with E-state index in [4.69, 9.17) is 0 Å². The van der Waals surface area contributed by atoms with Gasteiger partial charge in [-0.25, -0.2) is 0 Å². The number of fused-ring (bicyclic) bond motifs is 9. The number of hydrogen-bond acceptors (Lipinski definition) is 1. The number of anilines is 3. The molecule has 0 atom stereocenters. The van der Waals surface area contributed by atoms with Crippen LogP contribution in [-0.2, 0) is 5.41 Å². The summed E-state index contributed by atoms with van der Waals surface area (Å²) in [5, 5.41) is 10.2. The first-order valence-corrected chi connectivity index (χ1v) is 19.6. The average Bonchev–Trinajstić information content (AvgIpc) is 3.50. The lowest BCUT2D eigenvalue weighted by atomic mass is 9.82. The van der Waals surface area contributed by atoms with Gasteiger partial charge in [0.15, 0.2) is 0 Å². The van der Waals surface area contributed by atoms with Crippen LogP contribution < -0.4 is 4.90 Å². The lowest BCUT2D eigenvalue weighted by molar-refractivity contribution is 0.660. The van der Waals surface area contributed by atoms with Crippen LogP contribution in [0.15, 0.2) is 200 Å². The van der Waals surface area contributed by atoms with E-state index >= 15 is 0 Å². The van der Waals surface area contributed by atoms with E-state index < -0.39 is 0 Å². The molecule has 1 aliphatic rings. The number of nitrogens with zero attached hydrogens (tertiary/aromatic N) is 1. The van der Waals surface area contributed by atoms with Gasteiger partial charge in [-0.2, -0.15) is 0 Å². The normalized spacial score (nSPS) is 13.0. The molecule has 0 spiro atoms. The second kappa shape index (κ2) is 12.5. The van der Waals surface area contributed by atoms with Crippen LogP contribution in [0.2, 0.25) is 0 Å². The van der Waals surface area contributed by atoms with Gasteiger partial charge >= 0.3 is 0 Å². The lowest BCUT2D eigenvalue weighted by Crippen LogP contribution is -2.16. The number of benzene rings is 10. The molecule has 0 amide bonds. The molecule has 1 heteroatoms. The van der Waals surface area contributed by atoms with E-state index in [1.165, 1.54) is 93.3 Å². The van der Waals surface area contributed by atoms with Crippen molar-refractivity contribution in [3.8, 4) is 33.4 Å². The fraction of sp³-hybridized carbons (Fsp3) is 0.0545. The van der Waals surface area contributed by atoms with Gasteiger partial charge in [0.05, 0.1) is 5.69 Å². The Balaban J connectivity index is 1.04. The first kappa shape index (κ1) is 32.5. The Hall–Kier alpha value is -6.96. The minimum Gasteiger partial charge on any atom is -0.310 e. The van der Waals surface area contributed by atoms with E-state index in [0.29, 0.717) is 0 Å². The van der Waals surface area contributed by atoms with Gasteiger partial charge in [0.25, 0.3) is 0 Å². The molecule has 264 valence electrons. The third-order valence-electron chi connectivity index (χ3n) is 12.2. The Morgan fingerprint density at radius 2 is 0.857 bits per heavy atom. The maximum absolute atomic E-state index is 2.45. The Morgan fingerprint density at radius 3 is 1.59 bits per heavy atom. The van der Waals surface area contributed by atoms with E-state index in [1.54, 1.807) is 0 Å². The van der Waals surface area contributed by atoms with Crippen molar-refractivity contribution in [2.75, 3.05) is 4.90 Å². The predicted molar refractivity (Wildman–Crippen MR) is 240 cm³/mol. The van der Waals surface area contributed by atoms with Crippen LogP contribution in [0.1, 0.15) is 25.0 Å². The number of hydrogen-bond donors (Lipinski definition) is 0. The van der Waals surface area contributed by atoms with Crippen molar-refractivity contribution in [2.24, 2.45) is 0 Å². The van der Waals surface area contributed by atoms with Crippen molar-refractivity contribution in [1.82, 2.24) is 0 Å². The lowest BCUT2D eigenvalue weighted by Gasteiger charge is -2.29. The molecule has 10 aromatic rings. The molecule has 0 saturated carbocycles. The molecule has 1 aliphatic carbocycles. The molecule has 1 nitrogen and oxygen atoms in total. The topological polar surface area (TPSA) is 3.24 Å². The van der Waals surface area contributed by atoms with Crippen molar-refractivity contribution in [3.63, 3.8) is 0 Å². The highest BCUT2D eigenvalue weighted by Crippen LogP contribution is 2.54. The highest BCUT2D eigenvalue weighted by atomic mass is 15.1. The first-order valence-electron chi connectivity index (χ1n) is 19.6. The van der Waals surface area contributed by atoms with Gasteiger partial charge in [-0.05, 0) is 124 Å². The molecular formula is C55H39N. The second-order valence-corrected chi connectivity index (χ2v) is 15.7. The molecule has 56 heavy (non-hydrogen) atoms. The van der Waals surface area contributed by atoms with Crippen molar-refractivity contribution in [1.29, 1.82) is 0 Å². The smallest absolute Gasteiger partial charge is 0.0543 e. The third kappa shape index (κ3) is 5.08. The first-order chi connectivity index (χ1) is 27.5. The van der Waals surface area contributed by atoms with Gasteiger partial charge in [0, 0.05) is 22.4 Å². The standard InChI is InChI=1S/C55H39N/c1-55(2)51-15-8-7-14-49(51)54-52(55)16-9-17-53(54)56(44-28-22-37(23-29-44)42-20-18-36-10-3-4-12-41(36)34-42)45-30-24-38(25-31-45)43-21-19-40-27-32-47-46-13-6-5-11-39(46)26-33-48(47)50(40)35-43/h3-35H,1-2H3. The molecule has 0 aromatic heterocycles. The third-order valence-corrected chi connectivity index (χ3v) is 12.2. The van der Waals surface area contributed by atoms with Gasteiger partial charge in [0.1, 0.15) is 0 Å². The van der Waals surface area contributed by atoms with Crippen LogP contribution in [-0.4, -0.2) is 0 Å². The Kier molecular flexibility index (Phi) is 7.28. The van der Waals surface area contributed by atoms with Gasteiger partial charge in [-0.3, -0.25) is 0 Å². The number of rotatable bonds is 5. The van der Waals surface area contributed by atoms with E-state index in [2.05, 4.69) is 219 Å². The van der Waals surface area contributed by atoms with E-state index in [-0.39, 0.29) is 5.41 Å². The highest BCUT2D eigenvalue weighted by molar-refractivity contribution is 6.17. The monoisotopic (exact) mass is 713 g/mol. The average molecular weight is 714 g/mol.